The van der Waals surface area contributed by atoms with Crippen molar-refractivity contribution >= 4 is 17.2 Å². The van der Waals surface area contributed by atoms with E-state index in [9.17, 15) is 4.39 Å². The molecule has 1 heterocycles. The Morgan fingerprint density at radius 3 is 2.76 bits per heavy atom. The second kappa shape index (κ2) is 5.95. The molecule has 0 unspecified atom stereocenters. The number of halogens is 1. The van der Waals surface area contributed by atoms with E-state index in [1.54, 1.807) is 12.3 Å². The van der Waals surface area contributed by atoms with Gasteiger partial charge in [0.1, 0.15) is 16.6 Å². The van der Waals surface area contributed by atoms with E-state index >= 15 is 0 Å². The minimum atomic E-state index is -0.314. The van der Waals surface area contributed by atoms with Gasteiger partial charge in [-0.25, -0.2) is 4.39 Å². The predicted molar refractivity (Wildman–Crippen MR) is 83.3 cm³/mol. The van der Waals surface area contributed by atoms with Gasteiger partial charge in [0.15, 0.2) is 0 Å². The molecule has 1 aliphatic carbocycles. The maximum Gasteiger partial charge on any atom is 0.123 e. The molecule has 1 aromatic heterocycles. The molecule has 0 aliphatic heterocycles. The van der Waals surface area contributed by atoms with Gasteiger partial charge in [-0.1, -0.05) is 18.3 Å². The summed E-state index contributed by atoms with van der Waals surface area (Å²) >= 11 is 5.03. The standard InChI is InChI=1S/C16H17FN2OS/c17-12-4-3-11(15(8-12)16(18)21)9-19(13-5-6-13)10-14-2-1-7-20-14/h1-4,7-8,13H,5-6,9-10H2,(H2,18,21). The van der Waals surface area contributed by atoms with Crippen LogP contribution in [0.4, 0.5) is 4.39 Å². The van der Waals surface area contributed by atoms with Crippen LogP contribution in [0.25, 0.3) is 0 Å². The minimum absolute atomic E-state index is 0.234. The van der Waals surface area contributed by atoms with Gasteiger partial charge in [-0.3, -0.25) is 4.90 Å². The molecule has 0 amide bonds. The number of nitrogens with zero attached hydrogens (tertiary/aromatic N) is 1. The number of nitrogens with two attached hydrogens (primary N) is 1. The highest BCUT2D eigenvalue weighted by Gasteiger charge is 2.30. The van der Waals surface area contributed by atoms with Crippen molar-refractivity contribution in [3.63, 3.8) is 0 Å². The Kier molecular flexibility index (Phi) is 4.03. The van der Waals surface area contributed by atoms with E-state index in [1.165, 1.54) is 25.0 Å². The van der Waals surface area contributed by atoms with Crippen molar-refractivity contribution < 1.29 is 8.81 Å². The molecule has 5 heteroatoms. The molecule has 0 bridgehead atoms. The molecule has 1 fully saturated rings. The second-order valence-electron chi connectivity index (χ2n) is 5.38. The summed E-state index contributed by atoms with van der Waals surface area (Å²) in [6.07, 6.45) is 4.05. The van der Waals surface area contributed by atoms with Crippen molar-refractivity contribution in [2.45, 2.75) is 32.0 Å². The molecule has 2 aromatic rings. The third-order valence-corrected chi connectivity index (χ3v) is 3.93. The Labute approximate surface area is 128 Å². The molecule has 1 aliphatic rings. The van der Waals surface area contributed by atoms with E-state index in [4.69, 9.17) is 22.4 Å². The van der Waals surface area contributed by atoms with Gasteiger partial charge in [0.25, 0.3) is 0 Å². The molecular formula is C16H17FN2OS. The van der Waals surface area contributed by atoms with Gasteiger partial charge in [-0.05, 0) is 42.7 Å². The summed E-state index contributed by atoms with van der Waals surface area (Å²) in [7, 11) is 0. The summed E-state index contributed by atoms with van der Waals surface area (Å²) < 4.78 is 18.8. The van der Waals surface area contributed by atoms with Gasteiger partial charge in [-0.2, -0.15) is 0 Å². The van der Waals surface area contributed by atoms with Crippen LogP contribution in [0.1, 0.15) is 29.7 Å². The van der Waals surface area contributed by atoms with Crippen LogP contribution in [0.5, 0.6) is 0 Å². The fraction of sp³-hybridized carbons (Fsp3) is 0.312. The van der Waals surface area contributed by atoms with Gasteiger partial charge >= 0.3 is 0 Å². The Hall–Kier alpha value is -1.72. The molecular weight excluding hydrogens is 287 g/mol. The van der Waals surface area contributed by atoms with Crippen molar-refractivity contribution in [2.75, 3.05) is 0 Å². The Morgan fingerprint density at radius 2 is 2.14 bits per heavy atom. The van der Waals surface area contributed by atoms with E-state index in [0.29, 0.717) is 18.2 Å². The van der Waals surface area contributed by atoms with Crippen molar-refractivity contribution in [1.29, 1.82) is 0 Å². The van der Waals surface area contributed by atoms with Crippen LogP contribution < -0.4 is 5.73 Å². The van der Waals surface area contributed by atoms with Crippen molar-refractivity contribution in [3.05, 3.63) is 59.3 Å². The maximum atomic E-state index is 13.4. The van der Waals surface area contributed by atoms with Crippen LogP contribution in [-0.4, -0.2) is 15.9 Å². The highest BCUT2D eigenvalue weighted by Crippen LogP contribution is 2.30. The fourth-order valence-electron chi connectivity index (χ4n) is 2.49. The molecule has 3 nitrogen and oxygen atoms in total. The summed E-state index contributed by atoms with van der Waals surface area (Å²) in [5.41, 5.74) is 7.30. The fourth-order valence-corrected chi connectivity index (χ4v) is 2.68. The van der Waals surface area contributed by atoms with Gasteiger partial charge in [0.05, 0.1) is 12.8 Å². The molecule has 1 aromatic carbocycles. The van der Waals surface area contributed by atoms with Crippen LogP contribution in [0.15, 0.2) is 41.0 Å². The van der Waals surface area contributed by atoms with Crippen molar-refractivity contribution in [1.82, 2.24) is 4.90 Å². The average molecular weight is 304 g/mol. The summed E-state index contributed by atoms with van der Waals surface area (Å²) in [6.45, 7) is 1.43. The van der Waals surface area contributed by atoms with Crippen LogP contribution in [0.2, 0.25) is 0 Å². The highest BCUT2D eigenvalue weighted by molar-refractivity contribution is 7.80. The molecule has 0 saturated heterocycles. The van der Waals surface area contributed by atoms with Crippen LogP contribution in [-0.2, 0) is 13.1 Å². The number of rotatable bonds is 6. The number of furan rings is 1. The summed E-state index contributed by atoms with van der Waals surface area (Å²) in [5, 5.41) is 0. The Morgan fingerprint density at radius 1 is 1.33 bits per heavy atom. The third kappa shape index (κ3) is 3.49. The molecule has 21 heavy (non-hydrogen) atoms. The number of thiocarbonyl (C=S) groups is 1. The zero-order valence-corrected chi connectivity index (χ0v) is 12.4. The second-order valence-corrected chi connectivity index (χ2v) is 5.82. The van der Waals surface area contributed by atoms with E-state index in [2.05, 4.69) is 4.90 Å². The van der Waals surface area contributed by atoms with Gasteiger partial charge in [0.2, 0.25) is 0 Å². The number of benzene rings is 1. The van der Waals surface area contributed by atoms with Crippen molar-refractivity contribution in [2.24, 2.45) is 5.73 Å². The Balaban J connectivity index is 1.81. The van der Waals surface area contributed by atoms with E-state index in [0.717, 1.165) is 17.9 Å². The predicted octanol–water partition coefficient (Wildman–Crippen LogP) is 3.22. The van der Waals surface area contributed by atoms with Gasteiger partial charge in [0, 0.05) is 18.2 Å². The van der Waals surface area contributed by atoms with Gasteiger partial charge < -0.3 is 10.2 Å². The highest BCUT2D eigenvalue weighted by atomic mass is 32.1. The zero-order valence-electron chi connectivity index (χ0n) is 11.6. The average Bonchev–Trinajstić information content (AvgIpc) is 3.18. The maximum absolute atomic E-state index is 13.4. The first-order valence-corrected chi connectivity index (χ1v) is 7.39. The van der Waals surface area contributed by atoms with Gasteiger partial charge in [-0.15, -0.1) is 0 Å². The molecule has 0 atom stereocenters. The quantitative estimate of drug-likeness (QED) is 0.832. The lowest BCUT2D eigenvalue weighted by molar-refractivity contribution is 0.225. The minimum Gasteiger partial charge on any atom is -0.468 e. The number of hydrogen-bond acceptors (Lipinski definition) is 3. The van der Waals surface area contributed by atoms with E-state index in [1.807, 2.05) is 12.1 Å². The van der Waals surface area contributed by atoms with Crippen LogP contribution in [0, 0.1) is 5.82 Å². The zero-order chi connectivity index (χ0) is 14.8. The SMILES string of the molecule is NC(=S)c1cc(F)ccc1CN(Cc1ccco1)C1CC1. The van der Waals surface area contributed by atoms with Crippen LogP contribution >= 0.6 is 12.2 Å². The smallest absolute Gasteiger partial charge is 0.123 e. The topological polar surface area (TPSA) is 42.4 Å². The molecule has 0 radical (unpaired) electrons. The first-order chi connectivity index (χ1) is 10.1. The third-order valence-electron chi connectivity index (χ3n) is 3.71. The molecule has 110 valence electrons. The largest absolute Gasteiger partial charge is 0.468 e. The Bertz CT molecular complexity index is 638. The first kappa shape index (κ1) is 14.2. The first-order valence-electron chi connectivity index (χ1n) is 6.98. The lowest BCUT2D eigenvalue weighted by Gasteiger charge is -2.22. The van der Waals surface area contributed by atoms with E-state index < -0.39 is 0 Å². The molecule has 1 saturated carbocycles. The lowest BCUT2D eigenvalue weighted by Crippen LogP contribution is -2.26. The number of hydrogen-bond donors (Lipinski definition) is 1. The summed E-state index contributed by atoms with van der Waals surface area (Å²) in [4.78, 5) is 2.56. The summed E-state index contributed by atoms with van der Waals surface area (Å²) in [5.74, 6) is 0.617. The molecule has 0 spiro atoms. The normalized spacial score (nSPS) is 14.6. The summed E-state index contributed by atoms with van der Waals surface area (Å²) in [6, 6.07) is 9.04. The van der Waals surface area contributed by atoms with Crippen LogP contribution in [0.3, 0.4) is 0 Å². The van der Waals surface area contributed by atoms with Crippen molar-refractivity contribution in [3.8, 4) is 0 Å². The molecule has 3 rings (SSSR count). The van der Waals surface area contributed by atoms with E-state index in [-0.39, 0.29) is 10.8 Å². The lowest BCUT2D eigenvalue weighted by atomic mass is 10.1. The molecule has 2 N–H and O–H groups in total. The monoisotopic (exact) mass is 304 g/mol.